The predicted molar refractivity (Wildman–Crippen MR) is 48.8 cm³/mol. The van der Waals surface area contributed by atoms with Gasteiger partial charge in [0.25, 0.3) is 0 Å². The van der Waals surface area contributed by atoms with Crippen molar-refractivity contribution in [2.75, 3.05) is 5.75 Å². The summed E-state index contributed by atoms with van der Waals surface area (Å²) in [6.45, 7) is 2.25. The third-order valence-electron chi connectivity index (χ3n) is 1.76. The van der Waals surface area contributed by atoms with Crippen molar-refractivity contribution in [3.8, 4) is 0 Å². The fourth-order valence-electron chi connectivity index (χ4n) is 1.19. The van der Waals surface area contributed by atoms with Crippen LogP contribution in [-0.2, 0) is 0 Å². The molecule has 0 heterocycles. The highest BCUT2D eigenvalue weighted by atomic mass is 32.2. The maximum absolute atomic E-state index is 2.41. The Kier molecular flexibility index (Phi) is 4.27. The molecule has 0 amide bonds. The minimum Gasteiger partial charge on any atom is -0.154 e. The molecule has 10 heavy (non-hydrogen) atoms. The Morgan fingerprint density at radius 2 is 2.10 bits per heavy atom. The van der Waals surface area contributed by atoms with Crippen LogP contribution in [0.4, 0.5) is 0 Å². The third-order valence-corrected chi connectivity index (χ3v) is 3.19. The van der Waals surface area contributed by atoms with Crippen LogP contribution in [0.5, 0.6) is 0 Å². The van der Waals surface area contributed by atoms with Crippen molar-refractivity contribution >= 4 is 11.8 Å². The van der Waals surface area contributed by atoms with Crippen LogP contribution in [0.25, 0.3) is 0 Å². The second-order valence-electron chi connectivity index (χ2n) is 2.75. The quantitative estimate of drug-likeness (QED) is 0.603. The van der Waals surface area contributed by atoms with Crippen molar-refractivity contribution in [1.29, 1.82) is 0 Å². The van der Waals surface area contributed by atoms with Gasteiger partial charge in [-0.15, -0.1) is 0 Å². The number of hydrogen-bond donors (Lipinski definition) is 0. The lowest BCUT2D eigenvalue weighted by Crippen LogP contribution is -2.00. The van der Waals surface area contributed by atoms with E-state index in [-0.39, 0.29) is 0 Å². The summed E-state index contributed by atoms with van der Waals surface area (Å²) in [7, 11) is 0. The Labute approximate surface area is 68.8 Å². The van der Waals surface area contributed by atoms with E-state index in [1.54, 1.807) is 5.25 Å². The van der Waals surface area contributed by atoms with Gasteiger partial charge in [-0.1, -0.05) is 6.92 Å². The zero-order chi connectivity index (χ0) is 7.23. The van der Waals surface area contributed by atoms with Gasteiger partial charge in [-0.3, -0.25) is 0 Å². The fraction of sp³-hybridized carbons (Fsp3) is 0.778. The van der Waals surface area contributed by atoms with Gasteiger partial charge in [-0.05, 0) is 44.3 Å². The molecule has 0 atom stereocenters. The molecule has 0 aliphatic heterocycles. The molecule has 0 aromatic rings. The lowest BCUT2D eigenvalue weighted by Gasteiger charge is -2.19. The first-order valence-electron chi connectivity index (χ1n) is 4.22. The van der Waals surface area contributed by atoms with Gasteiger partial charge >= 0.3 is 0 Å². The molecule has 1 aliphatic carbocycles. The van der Waals surface area contributed by atoms with E-state index in [0.29, 0.717) is 0 Å². The molecule has 0 bridgehead atoms. The molecule has 0 spiro atoms. The van der Waals surface area contributed by atoms with Gasteiger partial charge in [0, 0.05) is 5.25 Å². The van der Waals surface area contributed by atoms with Crippen LogP contribution in [0, 0.1) is 11.7 Å². The maximum Gasteiger partial charge on any atom is 0.0306 e. The van der Waals surface area contributed by atoms with Crippen LogP contribution in [-0.4, -0.2) is 5.75 Å². The molecule has 2 radical (unpaired) electrons. The molecule has 0 nitrogen and oxygen atoms in total. The highest BCUT2D eigenvalue weighted by Gasteiger charge is 2.13. The number of rotatable bonds is 3. The van der Waals surface area contributed by atoms with Gasteiger partial charge in [-0.25, -0.2) is 0 Å². The molecule has 58 valence electrons. The van der Waals surface area contributed by atoms with Crippen LogP contribution < -0.4 is 0 Å². The summed E-state index contributed by atoms with van der Waals surface area (Å²) < 4.78 is 0. The van der Waals surface area contributed by atoms with Crippen LogP contribution in [0.1, 0.15) is 39.0 Å². The van der Waals surface area contributed by atoms with E-state index < -0.39 is 0 Å². The van der Waals surface area contributed by atoms with Gasteiger partial charge in [0.1, 0.15) is 0 Å². The minimum absolute atomic E-state index is 1.32. The van der Waals surface area contributed by atoms with Crippen LogP contribution >= 0.6 is 11.8 Å². The molecule has 0 aromatic carbocycles. The second kappa shape index (κ2) is 5.06. The van der Waals surface area contributed by atoms with Gasteiger partial charge in [0.05, 0.1) is 0 Å². The Balaban J connectivity index is 2.02. The van der Waals surface area contributed by atoms with Gasteiger partial charge in [0.2, 0.25) is 0 Å². The van der Waals surface area contributed by atoms with Crippen molar-refractivity contribution in [3.05, 3.63) is 11.7 Å². The predicted octanol–water partition coefficient (Wildman–Crippen LogP) is 3.44. The van der Waals surface area contributed by atoms with Gasteiger partial charge in [-0.2, -0.15) is 11.8 Å². The Morgan fingerprint density at radius 1 is 1.40 bits per heavy atom. The van der Waals surface area contributed by atoms with Crippen LogP contribution in [0.2, 0.25) is 0 Å². The summed E-state index contributed by atoms with van der Waals surface area (Å²) in [4.78, 5) is 0. The van der Waals surface area contributed by atoms with E-state index in [1.165, 1.54) is 37.9 Å². The molecule has 1 fully saturated rings. The zero-order valence-electron chi connectivity index (χ0n) is 6.73. The van der Waals surface area contributed by atoms with Crippen molar-refractivity contribution in [3.63, 3.8) is 0 Å². The molecule has 0 N–H and O–H groups in total. The van der Waals surface area contributed by atoms with Gasteiger partial charge < -0.3 is 0 Å². The highest BCUT2D eigenvalue weighted by Crippen LogP contribution is 2.34. The standard InChI is InChI=1S/C9H16S/c1-2-8-10-9-6-4-3-5-7-9/h3H,2,4-8H2,1H3. The number of thioether (sulfide) groups is 1. The molecule has 1 saturated carbocycles. The first-order valence-corrected chi connectivity index (χ1v) is 5.21. The summed E-state index contributed by atoms with van der Waals surface area (Å²) in [5, 5.41) is 1.74. The summed E-state index contributed by atoms with van der Waals surface area (Å²) in [5.41, 5.74) is 0. The Hall–Kier alpha value is 0.350. The Morgan fingerprint density at radius 3 is 2.70 bits per heavy atom. The van der Waals surface area contributed by atoms with E-state index in [1.807, 2.05) is 0 Å². The second-order valence-corrected chi connectivity index (χ2v) is 4.03. The first kappa shape index (κ1) is 8.45. The molecular formula is C9H16S. The summed E-state index contributed by atoms with van der Waals surface area (Å²) >= 11 is 2.09. The molecule has 0 unspecified atom stereocenters. The smallest absolute Gasteiger partial charge is 0.0306 e. The molecule has 1 rings (SSSR count). The lowest BCUT2D eigenvalue weighted by atomic mass is 10.0. The fourth-order valence-corrected chi connectivity index (χ4v) is 2.20. The topological polar surface area (TPSA) is 0 Å². The molecule has 1 aliphatic rings. The van der Waals surface area contributed by atoms with E-state index in [2.05, 4.69) is 25.1 Å². The molecule has 0 saturated heterocycles. The zero-order valence-corrected chi connectivity index (χ0v) is 7.54. The van der Waals surface area contributed by atoms with E-state index >= 15 is 0 Å². The summed E-state index contributed by atoms with van der Waals surface area (Å²) in [6, 6.07) is 0. The third kappa shape index (κ3) is 2.96. The van der Waals surface area contributed by atoms with Crippen molar-refractivity contribution in [2.24, 2.45) is 0 Å². The lowest BCUT2D eigenvalue weighted by molar-refractivity contribution is 0.693. The van der Waals surface area contributed by atoms with Crippen molar-refractivity contribution in [1.82, 2.24) is 0 Å². The monoisotopic (exact) mass is 156 g/mol. The average molecular weight is 156 g/mol. The SMILES string of the molecule is CCCS[C]1CC[CH]CC1. The molecule has 1 heteroatoms. The van der Waals surface area contributed by atoms with E-state index in [4.69, 9.17) is 0 Å². The van der Waals surface area contributed by atoms with Gasteiger partial charge in [0.15, 0.2) is 0 Å². The van der Waals surface area contributed by atoms with Crippen LogP contribution in [0.3, 0.4) is 0 Å². The highest BCUT2D eigenvalue weighted by molar-refractivity contribution is 8.02. The average Bonchev–Trinajstić information content (AvgIpc) is 2.03. The van der Waals surface area contributed by atoms with E-state index in [9.17, 15) is 0 Å². The molecule has 0 aromatic heterocycles. The normalized spacial score (nSPS) is 21.3. The first-order chi connectivity index (χ1) is 4.93. The number of hydrogen-bond acceptors (Lipinski definition) is 1. The minimum atomic E-state index is 1.32. The Bertz CT molecular complexity index is 74.8. The molecular weight excluding hydrogens is 140 g/mol. The maximum atomic E-state index is 2.41. The summed E-state index contributed by atoms with van der Waals surface area (Å²) in [5.74, 6) is 1.33. The largest absolute Gasteiger partial charge is 0.154 e. The summed E-state index contributed by atoms with van der Waals surface area (Å²) in [6.07, 6.45) is 9.08. The van der Waals surface area contributed by atoms with Crippen molar-refractivity contribution < 1.29 is 0 Å². The van der Waals surface area contributed by atoms with Crippen LogP contribution in [0.15, 0.2) is 0 Å². The van der Waals surface area contributed by atoms with Crippen molar-refractivity contribution in [2.45, 2.75) is 39.0 Å². The van der Waals surface area contributed by atoms with E-state index in [0.717, 1.165) is 0 Å².